The summed E-state index contributed by atoms with van der Waals surface area (Å²) in [7, 11) is -3.40. The Kier molecular flexibility index (Phi) is 5.76. The predicted octanol–water partition coefficient (Wildman–Crippen LogP) is 1.99. The zero-order valence-electron chi connectivity index (χ0n) is 13.1. The van der Waals surface area contributed by atoms with Crippen LogP contribution in [-0.4, -0.2) is 43.1 Å². The van der Waals surface area contributed by atoms with Crippen LogP contribution in [0.25, 0.3) is 0 Å². The first-order chi connectivity index (χ1) is 11.7. The molecule has 25 heavy (non-hydrogen) atoms. The van der Waals surface area contributed by atoms with Crippen LogP contribution in [0.1, 0.15) is 11.5 Å². The molecule has 0 saturated carbocycles. The number of carboxylic acid groups (broad SMARTS) is 1. The molecule has 2 N–H and O–H groups in total. The highest BCUT2D eigenvalue weighted by Gasteiger charge is 2.30. The van der Waals surface area contributed by atoms with Crippen molar-refractivity contribution in [3.63, 3.8) is 0 Å². The first kappa shape index (κ1) is 18.9. The predicted molar refractivity (Wildman–Crippen MR) is 92.7 cm³/mol. The summed E-state index contributed by atoms with van der Waals surface area (Å²) in [5, 5.41) is 12.7. The van der Waals surface area contributed by atoms with Crippen LogP contribution < -0.4 is 5.32 Å². The summed E-state index contributed by atoms with van der Waals surface area (Å²) in [5.41, 5.74) is 0.290. The molecule has 1 aromatic carbocycles. The van der Waals surface area contributed by atoms with E-state index in [4.69, 9.17) is 11.6 Å². The van der Waals surface area contributed by atoms with Crippen molar-refractivity contribution in [2.45, 2.75) is 16.9 Å². The lowest BCUT2D eigenvalue weighted by Crippen LogP contribution is -2.34. The van der Waals surface area contributed by atoms with Crippen molar-refractivity contribution in [2.24, 2.45) is 0 Å². The van der Waals surface area contributed by atoms with Crippen LogP contribution in [0.4, 0.5) is 5.82 Å². The number of carbonyl (C=O) groups is 2. The molecule has 2 rings (SSSR count). The highest BCUT2D eigenvalue weighted by molar-refractivity contribution is 7.90. The molecule has 0 fully saturated rings. The van der Waals surface area contributed by atoms with Crippen LogP contribution in [0.3, 0.4) is 0 Å². The highest BCUT2D eigenvalue weighted by atomic mass is 35.5. The number of nitrogens with zero attached hydrogens (tertiary/aromatic N) is 1. The molecule has 2 atom stereocenters. The average Bonchev–Trinajstić information content (AvgIpc) is 2.55. The molecule has 1 aromatic heterocycles. The normalized spacial score (nSPS) is 13.7. The first-order valence-corrected chi connectivity index (χ1v) is 9.35. The fraction of sp³-hybridized carbons (Fsp3) is 0.188. The molecule has 0 radical (unpaired) electrons. The van der Waals surface area contributed by atoms with Crippen LogP contribution in [0.2, 0.25) is 5.02 Å². The number of nitrogens with one attached hydrogen (secondary N) is 1. The smallest absolute Gasteiger partial charge is 0.313 e. The molecule has 2 aromatic rings. The largest absolute Gasteiger partial charge is 0.481 e. The van der Waals surface area contributed by atoms with Crippen molar-refractivity contribution in [2.75, 3.05) is 11.6 Å². The third kappa shape index (κ3) is 4.77. The summed E-state index contributed by atoms with van der Waals surface area (Å²) in [6, 6.07) is 7.34. The van der Waals surface area contributed by atoms with Gasteiger partial charge in [0, 0.05) is 12.5 Å². The summed E-state index contributed by atoms with van der Waals surface area (Å²) in [5.74, 6) is -2.16. The lowest BCUT2D eigenvalue weighted by molar-refractivity contribution is -0.140. The zero-order chi connectivity index (χ0) is 18.6. The molecular formula is C16H15ClN2O5S. The minimum atomic E-state index is -3.40. The van der Waals surface area contributed by atoms with Crippen molar-refractivity contribution in [1.82, 2.24) is 4.98 Å². The molecule has 2 unspecified atom stereocenters. The molecule has 1 heterocycles. The second-order valence-electron chi connectivity index (χ2n) is 5.32. The van der Waals surface area contributed by atoms with Gasteiger partial charge in [-0.25, -0.2) is 13.4 Å². The second kappa shape index (κ2) is 7.62. The number of pyridine rings is 1. The summed E-state index contributed by atoms with van der Waals surface area (Å²) in [6.07, 6.45) is 2.89. The van der Waals surface area contributed by atoms with E-state index in [1.807, 2.05) is 0 Å². The van der Waals surface area contributed by atoms with E-state index < -0.39 is 27.8 Å². The minimum absolute atomic E-state index is 0.0652. The van der Waals surface area contributed by atoms with Gasteiger partial charge in [0.15, 0.2) is 9.84 Å². The van der Waals surface area contributed by atoms with Crippen LogP contribution in [0.5, 0.6) is 0 Å². The molecule has 132 valence electrons. The van der Waals surface area contributed by atoms with Crippen LogP contribution >= 0.6 is 11.6 Å². The van der Waals surface area contributed by atoms with Gasteiger partial charge in [-0.3, -0.25) is 4.79 Å². The van der Waals surface area contributed by atoms with Crippen LogP contribution in [-0.2, 0) is 19.4 Å². The number of hydrogen-bond acceptors (Lipinski definition) is 6. The van der Waals surface area contributed by atoms with Gasteiger partial charge in [0.25, 0.3) is 0 Å². The fourth-order valence-electron chi connectivity index (χ4n) is 2.25. The maximum absolute atomic E-state index is 11.7. The van der Waals surface area contributed by atoms with Crippen LogP contribution in [0, 0.1) is 0 Å². The number of rotatable bonds is 7. The highest BCUT2D eigenvalue weighted by Crippen LogP contribution is 2.24. The van der Waals surface area contributed by atoms with E-state index in [1.165, 1.54) is 36.5 Å². The van der Waals surface area contributed by atoms with Gasteiger partial charge in [0.2, 0.25) is 0 Å². The Hall–Kier alpha value is -2.45. The third-order valence-electron chi connectivity index (χ3n) is 3.48. The molecule has 0 aliphatic carbocycles. The van der Waals surface area contributed by atoms with E-state index >= 15 is 0 Å². The SMILES string of the molecule is CS(=O)(=O)c1ccc(C(C(=O)O)C(C=O)Nc2ccc(Cl)cn2)cc1. The van der Waals surface area contributed by atoms with Crippen molar-refractivity contribution < 1.29 is 23.1 Å². The number of anilines is 1. The maximum atomic E-state index is 11.7. The quantitative estimate of drug-likeness (QED) is 0.704. The molecule has 0 bridgehead atoms. The maximum Gasteiger partial charge on any atom is 0.313 e. The van der Waals surface area contributed by atoms with Gasteiger partial charge < -0.3 is 15.2 Å². The molecule has 9 heteroatoms. The number of hydrogen-bond donors (Lipinski definition) is 2. The van der Waals surface area contributed by atoms with Gasteiger partial charge >= 0.3 is 5.97 Å². The van der Waals surface area contributed by atoms with Gasteiger partial charge in [0.05, 0.1) is 9.92 Å². The number of aldehydes is 1. The third-order valence-corrected chi connectivity index (χ3v) is 4.83. The van der Waals surface area contributed by atoms with E-state index in [0.29, 0.717) is 22.7 Å². The van der Waals surface area contributed by atoms with Gasteiger partial charge in [-0.2, -0.15) is 0 Å². The van der Waals surface area contributed by atoms with Gasteiger partial charge in [0.1, 0.15) is 24.1 Å². The monoisotopic (exact) mass is 382 g/mol. The Morgan fingerprint density at radius 2 is 1.88 bits per heavy atom. The topological polar surface area (TPSA) is 113 Å². The Balaban J connectivity index is 2.33. The molecular weight excluding hydrogens is 368 g/mol. The molecule has 0 aliphatic heterocycles. The summed E-state index contributed by atoms with van der Waals surface area (Å²) in [6.45, 7) is 0. The fourth-order valence-corrected chi connectivity index (χ4v) is 3.00. The number of halogens is 1. The summed E-state index contributed by atoms with van der Waals surface area (Å²) < 4.78 is 23.0. The van der Waals surface area contributed by atoms with E-state index in [0.717, 1.165) is 6.26 Å². The zero-order valence-corrected chi connectivity index (χ0v) is 14.7. The number of aromatic nitrogens is 1. The number of aliphatic carboxylic acids is 1. The Morgan fingerprint density at radius 3 is 2.32 bits per heavy atom. The number of sulfone groups is 1. The summed E-state index contributed by atoms with van der Waals surface area (Å²) >= 11 is 5.74. The molecule has 7 nitrogen and oxygen atoms in total. The number of carboxylic acids is 1. The summed E-state index contributed by atoms with van der Waals surface area (Å²) in [4.78, 5) is 27.2. The van der Waals surface area contributed by atoms with Crippen LogP contribution in [0.15, 0.2) is 47.5 Å². The van der Waals surface area contributed by atoms with Crippen molar-refractivity contribution in [3.8, 4) is 0 Å². The van der Waals surface area contributed by atoms with Gasteiger partial charge in [-0.1, -0.05) is 23.7 Å². The van der Waals surface area contributed by atoms with E-state index in [1.54, 1.807) is 6.07 Å². The Morgan fingerprint density at radius 1 is 1.24 bits per heavy atom. The standard InChI is InChI=1S/C16H15ClN2O5S/c1-25(23,24)12-5-2-10(3-6-12)15(16(21)22)13(9-20)19-14-7-4-11(17)8-18-14/h2-9,13,15H,1H3,(H,18,19)(H,21,22). The first-order valence-electron chi connectivity index (χ1n) is 7.08. The van der Waals surface area contributed by atoms with E-state index in [2.05, 4.69) is 10.3 Å². The number of carbonyl (C=O) groups excluding carboxylic acids is 1. The lowest BCUT2D eigenvalue weighted by Gasteiger charge is -2.21. The van der Waals surface area contributed by atoms with Gasteiger partial charge in [-0.15, -0.1) is 0 Å². The van der Waals surface area contributed by atoms with Crippen molar-refractivity contribution in [1.29, 1.82) is 0 Å². The van der Waals surface area contributed by atoms with E-state index in [-0.39, 0.29) is 4.90 Å². The Labute approximate surface area is 149 Å². The second-order valence-corrected chi connectivity index (χ2v) is 7.78. The molecule has 0 amide bonds. The Bertz CT molecular complexity index is 866. The van der Waals surface area contributed by atoms with E-state index in [9.17, 15) is 23.1 Å². The molecule has 0 spiro atoms. The lowest BCUT2D eigenvalue weighted by atomic mass is 9.92. The number of benzene rings is 1. The van der Waals surface area contributed by atoms with Gasteiger partial charge in [-0.05, 0) is 29.8 Å². The molecule has 0 aliphatic rings. The minimum Gasteiger partial charge on any atom is -0.481 e. The van der Waals surface area contributed by atoms with Crippen molar-refractivity contribution in [3.05, 3.63) is 53.2 Å². The molecule has 0 saturated heterocycles. The average molecular weight is 383 g/mol. The van der Waals surface area contributed by atoms with Crippen molar-refractivity contribution >= 4 is 39.5 Å².